The van der Waals surface area contributed by atoms with Crippen molar-refractivity contribution in [2.45, 2.75) is 13.0 Å². The first-order valence-electron chi connectivity index (χ1n) is 8.66. The van der Waals surface area contributed by atoms with Crippen molar-refractivity contribution in [3.63, 3.8) is 0 Å². The molecule has 2 aromatic rings. The maximum atomic E-state index is 12.7. The summed E-state index contributed by atoms with van der Waals surface area (Å²) in [6, 6.07) is 15.7. The van der Waals surface area contributed by atoms with Crippen LogP contribution in [0.25, 0.3) is 0 Å². The highest BCUT2D eigenvalue weighted by molar-refractivity contribution is 6.45. The number of imide groups is 2. The van der Waals surface area contributed by atoms with Crippen LogP contribution >= 0.6 is 0 Å². The summed E-state index contributed by atoms with van der Waals surface area (Å²) in [5.41, 5.74) is 2.56. The zero-order valence-electron chi connectivity index (χ0n) is 14.5. The molecule has 0 radical (unpaired) electrons. The molecule has 7 nitrogen and oxygen atoms in total. The van der Waals surface area contributed by atoms with Crippen LogP contribution in [0.3, 0.4) is 0 Å². The lowest BCUT2D eigenvalue weighted by Gasteiger charge is -2.20. The lowest BCUT2D eigenvalue weighted by atomic mass is 10.2. The van der Waals surface area contributed by atoms with Crippen molar-refractivity contribution in [2.24, 2.45) is 0 Å². The zero-order chi connectivity index (χ0) is 19.0. The van der Waals surface area contributed by atoms with Gasteiger partial charge in [-0.3, -0.25) is 19.3 Å². The minimum absolute atomic E-state index is 0.00147. The van der Waals surface area contributed by atoms with E-state index in [0.29, 0.717) is 6.54 Å². The minimum atomic E-state index is -0.961. The van der Waals surface area contributed by atoms with E-state index >= 15 is 0 Å². The van der Waals surface area contributed by atoms with E-state index in [-0.39, 0.29) is 12.5 Å². The standard InChI is InChI=1S/C20H17N3O4/c24-17(21-11-10-15-8-4-5-9-16(15)21)13-23-19(26)18(25)22(20(23)27)12-14-6-2-1-3-7-14/h1-9H,10-13H2. The Hall–Kier alpha value is -3.48. The van der Waals surface area contributed by atoms with Crippen molar-refractivity contribution in [2.75, 3.05) is 18.0 Å². The molecule has 7 heteroatoms. The summed E-state index contributed by atoms with van der Waals surface area (Å²) in [5.74, 6) is -2.24. The summed E-state index contributed by atoms with van der Waals surface area (Å²) in [6.07, 6.45) is 0.725. The van der Waals surface area contributed by atoms with E-state index in [4.69, 9.17) is 0 Å². The maximum Gasteiger partial charge on any atom is 0.335 e. The second-order valence-corrected chi connectivity index (χ2v) is 6.47. The van der Waals surface area contributed by atoms with Crippen molar-refractivity contribution in [3.05, 3.63) is 65.7 Å². The van der Waals surface area contributed by atoms with Crippen LogP contribution in [0.5, 0.6) is 0 Å². The van der Waals surface area contributed by atoms with E-state index in [1.165, 1.54) is 0 Å². The maximum absolute atomic E-state index is 12.7. The van der Waals surface area contributed by atoms with Crippen LogP contribution in [0.2, 0.25) is 0 Å². The van der Waals surface area contributed by atoms with Gasteiger partial charge in [0.2, 0.25) is 5.91 Å². The van der Waals surface area contributed by atoms with Crippen LogP contribution in [-0.4, -0.2) is 46.6 Å². The summed E-state index contributed by atoms with van der Waals surface area (Å²) in [7, 11) is 0. The van der Waals surface area contributed by atoms with E-state index in [1.54, 1.807) is 29.2 Å². The normalized spacial score (nSPS) is 16.3. The molecule has 0 aliphatic carbocycles. The Labute approximate surface area is 155 Å². The summed E-state index contributed by atoms with van der Waals surface area (Å²) in [6.45, 7) is 0.0561. The van der Waals surface area contributed by atoms with Gasteiger partial charge in [-0.2, -0.15) is 0 Å². The Bertz CT molecular complexity index is 941. The van der Waals surface area contributed by atoms with E-state index in [2.05, 4.69) is 0 Å². The Morgan fingerprint density at radius 3 is 2.30 bits per heavy atom. The quantitative estimate of drug-likeness (QED) is 0.610. The van der Waals surface area contributed by atoms with Gasteiger partial charge in [0.25, 0.3) is 0 Å². The smallest absolute Gasteiger partial charge is 0.310 e. The first-order valence-corrected chi connectivity index (χ1v) is 8.66. The number of rotatable bonds is 4. The van der Waals surface area contributed by atoms with Gasteiger partial charge >= 0.3 is 17.8 Å². The summed E-state index contributed by atoms with van der Waals surface area (Å²) >= 11 is 0. The molecular formula is C20H17N3O4. The number of amides is 5. The number of nitrogens with zero attached hydrogens (tertiary/aromatic N) is 3. The van der Waals surface area contributed by atoms with E-state index in [0.717, 1.165) is 33.0 Å². The third-order valence-electron chi connectivity index (χ3n) is 4.80. The van der Waals surface area contributed by atoms with Gasteiger partial charge in [0.1, 0.15) is 6.54 Å². The number of benzene rings is 2. The van der Waals surface area contributed by atoms with E-state index in [1.807, 2.05) is 30.3 Å². The number of urea groups is 1. The molecule has 1 saturated heterocycles. The summed E-state index contributed by atoms with van der Waals surface area (Å²) < 4.78 is 0. The van der Waals surface area contributed by atoms with Gasteiger partial charge in [-0.05, 0) is 23.6 Å². The number of para-hydroxylation sites is 1. The fourth-order valence-corrected chi connectivity index (χ4v) is 3.41. The van der Waals surface area contributed by atoms with E-state index in [9.17, 15) is 19.2 Å². The van der Waals surface area contributed by atoms with Crippen molar-refractivity contribution in [1.29, 1.82) is 0 Å². The van der Waals surface area contributed by atoms with Gasteiger partial charge in [-0.1, -0.05) is 48.5 Å². The number of carbonyl (C=O) groups is 4. The molecule has 1 fully saturated rings. The molecule has 27 heavy (non-hydrogen) atoms. The zero-order valence-corrected chi connectivity index (χ0v) is 14.5. The molecule has 0 aromatic heterocycles. The third kappa shape index (κ3) is 2.97. The summed E-state index contributed by atoms with van der Waals surface area (Å²) in [5, 5.41) is 0. The van der Waals surface area contributed by atoms with Crippen molar-refractivity contribution in [1.82, 2.24) is 9.80 Å². The number of anilines is 1. The molecule has 0 bridgehead atoms. The van der Waals surface area contributed by atoms with Crippen LogP contribution in [0.15, 0.2) is 54.6 Å². The molecule has 2 aliphatic rings. The molecule has 0 N–H and O–H groups in total. The van der Waals surface area contributed by atoms with Crippen molar-refractivity contribution >= 4 is 29.4 Å². The molecule has 5 amide bonds. The third-order valence-corrected chi connectivity index (χ3v) is 4.80. The Kier molecular flexibility index (Phi) is 4.19. The number of hydrogen-bond donors (Lipinski definition) is 0. The fourth-order valence-electron chi connectivity index (χ4n) is 3.41. The molecule has 0 unspecified atom stereocenters. The van der Waals surface area contributed by atoms with Gasteiger partial charge in [0, 0.05) is 12.2 Å². The lowest BCUT2D eigenvalue weighted by molar-refractivity contribution is -0.144. The minimum Gasteiger partial charge on any atom is -0.310 e. The molecule has 2 aliphatic heterocycles. The number of carbonyl (C=O) groups excluding carboxylic acids is 4. The van der Waals surface area contributed by atoms with Crippen molar-refractivity contribution in [3.8, 4) is 0 Å². The van der Waals surface area contributed by atoms with Gasteiger partial charge in [-0.15, -0.1) is 0 Å². The molecule has 0 saturated carbocycles. The summed E-state index contributed by atoms with van der Waals surface area (Å²) in [4.78, 5) is 52.9. The molecule has 136 valence electrons. The molecule has 2 heterocycles. The van der Waals surface area contributed by atoms with Gasteiger partial charge in [0.05, 0.1) is 6.54 Å². The molecule has 2 aromatic carbocycles. The Balaban J connectivity index is 1.49. The highest BCUT2D eigenvalue weighted by atomic mass is 16.2. The molecule has 0 atom stereocenters. The number of fused-ring (bicyclic) bond motifs is 1. The second kappa shape index (κ2) is 6.68. The topological polar surface area (TPSA) is 78.0 Å². The largest absolute Gasteiger partial charge is 0.335 e. The molecule has 4 rings (SSSR count). The number of hydrogen-bond acceptors (Lipinski definition) is 4. The van der Waals surface area contributed by atoms with Gasteiger partial charge in [-0.25, -0.2) is 9.69 Å². The Morgan fingerprint density at radius 1 is 0.852 bits per heavy atom. The fraction of sp³-hybridized carbons (Fsp3) is 0.200. The average Bonchev–Trinajstić information content (AvgIpc) is 3.20. The van der Waals surface area contributed by atoms with Crippen LogP contribution in [0, 0.1) is 0 Å². The monoisotopic (exact) mass is 363 g/mol. The van der Waals surface area contributed by atoms with Gasteiger partial charge < -0.3 is 4.90 Å². The second-order valence-electron chi connectivity index (χ2n) is 6.47. The van der Waals surface area contributed by atoms with Crippen LogP contribution in [-0.2, 0) is 27.3 Å². The highest BCUT2D eigenvalue weighted by Gasteiger charge is 2.45. The molecule has 0 spiro atoms. The van der Waals surface area contributed by atoms with Crippen LogP contribution < -0.4 is 4.90 Å². The van der Waals surface area contributed by atoms with Crippen molar-refractivity contribution < 1.29 is 19.2 Å². The predicted octanol–water partition coefficient (Wildman–Crippen LogP) is 1.57. The van der Waals surface area contributed by atoms with E-state index < -0.39 is 24.4 Å². The lowest BCUT2D eigenvalue weighted by Crippen LogP contribution is -2.43. The highest BCUT2D eigenvalue weighted by Crippen LogP contribution is 2.28. The Morgan fingerprint density at radius 2 is 1.52 bits per heavy atom. The van der Waals surface area contributed by atoms with Gasteiger partial charge in [0.15, 0.2) is 0 Å². The SMILES string of the molecule is O=C1C(=O)N(Cc2ccccc2)C(=O)N1CC(=O)N1CCc2ccccc21. The molecular weight excluding hydrogens is 346 g/mol. The van der Waals surface area contributed by atoms with Crippen LogP contribution in [0.1, 0.15) is 11.1 Å². The predicted molar refractivity (Wildman–Crippen MR) is 96.6 cm³/mol. The first-order chi connectivity index (χ1) is 13.1. The first kappa shape index (κ1) is 17.0. The van der Waals surface area contributed by atoms with Crippen LogP contribution in [0.4, 0.5) is 10.5 Å². The average molecular weight is 363 g/mol.